The van der Waals surface area contributed by atoms with E-state index in [4.69, 9.17) is 4.74 Å². The topological polar surface area (TPSA) is 27.1 Å². The average molecular weight is 248 g/mol. The molecule has 3 rings (SSSR count). The predicted molar refractivity (Wildman–Crippen MR) is 71.6 cm³/mol. The molecule has 0 N–H and O–H groups in total. The summed E-state index contributed by atoms with van der Waals surface area (Å²) in [5.41, 5.74) is 2.66. The fourth-order valence-electron chi connectivity index (χ4n) is 3.54. The van der Waals surface area contributed by atoms with Crippen molar-refractivity contribution in [2.45, 2.75) is 77.0 Å². The Hall–Kier alpha value is -0.830. The monoisotopic (exact) mass is 248 g/mol. The van der Waals surface area contributed by atoms with Crippen LogP contribution in [0.25, 0.3) is 0 Å². The molecule has 2 aliphatic rings. The highest BCUT2D eigenvalue weighted by Crippen LogP contribution is 2.42. The van der Waals surface area contributed by atoms with Crippen LogP contribution in [0.5, 0.6) is 0 Å². The van der Waals surface area contributed by atoms with Gasteiger partial charge in [-0.25, -0.2) is 4.98 Å². The largest absolute Gasteiger partial charge is 0.370 e. The predicted octanol–water partition coefficient (Wildman–Crippen LogP) is 3.38. The van der Waals surface area contributed by atoms with Gasteiger partial charge in [0, 0.05) is 5.69 Å². The van der Waals surface area contributed by atoms with E-state index < -0.39 is 0 Å². The Morgan fingerprint density at radius 1 is 1.28 bits per heavy atom. The van der Waals surface area contributed by atoms with Gasteiger partial charge in [0.1, 0.15) is 0 Å². The second kappa shape index (κ2) is 4.69. The number of hydrogen-bond donors (Lipinski definition) is 0. The van der Waals surface area contributed by atoms with Gasteiger partial charge in [0.05, 0.1) is 30.3 Å². The van der Waals surface area contributed by atoms with Crippen molar-refractivity contribution in [1.29, 1.82) is 0 Å². The molecule has 1 saturated carbocycles. The van der Waals surface area contributed by atoms with Crippen LogP contribution in [0.3, 0.4) is 0 Å². The van der Waals surface area contributed by atoms with Gasteiger partial charge < -0.3 is 9.30 Å². The third kappa shape index (κ3) is 2.20. The molecule has 18 heavy (non-hydrogen) atoms. The molecule has 1 aliphatic carbocycles. The van der Waals surface area contributed by atoms with Crippen molar-refractivity contribution in [2.75, 3.05) is 0 Å². The molecule has 1 unspecified atom stereocenters. The maximum atomic E-state index is 6.41. The Labute approximate surface area is 110 Å². The molecule has 1 aromatic heterocycles. The molecule has 1 spiro atoms. The van der Waals surface area contributed by atoms with Crippen LogP contribution in [0.2, 0.25) is 0 Å². The summed E-state index contributed by atoms with van der Waals surface area (Å²) >= 11 is 0. The highest BCUT2D eigenvalue weighted by atomic mass is 16.5. The average Bonchev–Trinajstić information content (AvgIpc) is 2.90. The minimum Gasteiger partial charge on any atom is -0.370 e. The van der Waals surface area contributed by atoms with Crippen LogP contribution < -0.4 is 0 Å². The Balaban J connectivity index is 1.64. The third-order valence-electron chi connectivity index (χ3n) is 4.85. The molecule has 1 atom stereocenters. The van der Waals surface area contributed by atoms with Crippen molar-refractivity contribution in [3.8, 4) is 0 Å². The first-order chi connectivity index (χ1) is 8.69. The van der Waals surface area contributed by atoms with Crippen LogP contribution in [0, 0.1) is 13.8 Å². The lowest BCUT2D eigenvalue weighted by atomic mass is 9.83. The number of rotatable bonds is 2. The van der Waals surface area contributed by atoms with E-state index in [1.54, 1.807) is 0 Å². The molecule has 2 heterocycles. The van der Waals surface area contributed by atoms with Crippen molar-refractivity contribution in [3.63, 3.8) is 0 Å². The van der Waals surface area contributed by atoms with Gasteiger partial charge >= 0.3 is 0 Å². The van der Waals surface area contributed by atoms with Gasteiger partial charge in [0.25, 0.3) is 0 Å². The van der Waals surface area contributed by atoms with Crippen LogP contribution >= 0.6 is 0 Å². The van der Waals surface area contributed by atoms with Gasteiger partial charge in [-0.1, -0.05) is 19.3 Å². The SMILES string of the molecule is Cc1ncn(CC2CCC3(CCCCC3)O2)c1C. The number of aromatic nitrogens is 2. The summed E-state index contributed by atoms with van der Waals surface area (Å²) in [6, 6.07) is 0. The van der Waals surface area contributed by atoms with Crippen LogP contribution in [0.15, 0.2) is 6.33 Å². The fourth-order valence-corrected chi connectivity index (χ4v) is 3.54. The van der Waals surface area contributed by atoms with Gasteiger partial charge in [0.2, 0.25) is 0 Å². The smallest absolute Gasteiger partial charge is 0.0952 e. The molecule has 0 radical (unpaired) electrons. The van der Waals surface area contributed by atoms with Crippen LogP contribution in [-0.2, 0) is 11.3 Å². The van der Waals surface area contributed by atoms with E-state index in [-0.39, 0.29) is 5.60 Å². The number of ether oxygens (including phenoxy) is 1. The zero-order chi connectivity index (χ0) is 12.6. The minimum absolute atomic E-state index is 0.243. The fraction of sp³-hybridized carbons (Fsp3) is 0.800. The minimum atomic E-state index is 0.243. The molecule has 0 amide bonds. The first-order valence-corrected chi connectivity index (χ1v) is 7.35. The summed E-state index contributed by atoms with van der Waals surface area (Å²) in [5, 5.41) is 0. The molecule has 0 bridgehead atoms. The molecular weight excluding hydrogens is 224 g/mol. The van der Waals surface area contributed by atoms with Gasteiger partial charge in [-0.15, -0.1) is 0 Å². The van der Waals surface area contributed by atoms with Crippen molar-refractivity contribution >= 4 is 0 Å². The van der Waals surface area contributed by atoms with Crippen LogP contribution in [0.1, 0.15) is 56.3 Å². The van der Waals surface area contributed by atoms with Crippen molar-refractivity contribution in [1.82, 2.24) is 9.55 Å². The third-order valence-corrected chi connectivity index (χ3v) is 4.85. The lowest BCUT2D eigenvalue weighted by Crippen LogP contribution is -2.32. The number of imidazole rings is 1. The van der Waals surface area contributed by atoms with E-state index in [0.29, 0.717) is 6.10 Å². The second-order valence-corrected chi connectivity index (χ2v) is 6.09. The summed E-state index contributed by atoms with van der Waals surface area (Å²) in [4.78, 5) is 4.37. The molecule has 1 aliphatic heterocycles. The van der Waals surface area contributed by atoms with Gasteiger partial charge in [-0.3, -0.25) is 0 Å². The molecule has 0 aromatic carbocycles. The van der Waals surface area contributed by atoms with E-state index >= 15 is 0 Å². The Morgan fingerprint density at radius 2 is 2.06 bits per heavy atom. The highest BCUT2D eigenvalue weighted by molar-refractivity contribution is 5.08. The van der Waals surface area contributed by atoms with E-state index in [1.165, 1.54) is 50.6 Å². The molecule has 3 nitrogen and oxygen atoms in total. The lowest BCUT2D eigenvalue weighted by molar-refractivity contribution is -0.0681. The van der Waals surface area contributed by atoms with Gasteiger partial charge in [0.15, 0.2) is 0 Å². The molecule has 1 saturated heterocycles. The molecule has 3 heteroatoms. The van der Waals surface area contributed by atoms with Crippen molar-refractivity contribution < 1.29 is 4.74 Å². The van der Waals surface area contributed by atoms with Crippen molar-refractivity contribution in [2.24, 2.45) is 0 Å². The molecular formula is C15H24N2O. The number of nitrogens with zero attached hydrogens (tertiary/aromatic N) is 2. The van der Waals surface area contributed by atoms with Crippen molar-refractivity contribution in [3.05, 3.63) is 17.7 Å². The lowest BCUT2D eigenvalue weighted by Gasteiger charge is -2.33. The first kappa shape index (κ1) is 12.2. The summed E-state index contributed by atoms with van der Waals surface area (Å²) in [6.07, 6.45) is 11.5. The second-order valence-electron chi connectivity index (χ2n) is 6.09. The molecule has 1 aromatic rings. The van der Waals surface area contributed by atoms with Gasteiger partial charge in [-0.05, 0) is 39.5 Å². The Kier molecular flexibility index (Phi) is 3.18. The van der Waals surface area contributed by atoms with Crippen LogP contribution in [-0.4, -0.2) is 21.3 Å². The van der Waals surface area contributed by atoms with E-state index in [1.807, 2.05) is 6.33 Å². The normalized spacial score (nSPS) is 26.9. The van der Waals surface area contributed by atoms with E-state index in [2.05, 4.69) is 23.4 Å². The maximum absolute atomic E-state index is 6.41. The highest BCUT2D eigenvalue weighted by Gasteiger charge is 2.40. The zero-order valence-corrected chi connectivity index (χ0v) is 11.6. The number of aryl methyl sites for hydroxylation is 1. The molecule has 100 valence electrons. The van der Waals surface area contributed by atoms with E-state index in [0.717, 1.165) is 12.2 Å². The Bertz CT molecular complexity index is 418. The number of hydrogen-bond acceptors (Lipinski definition) is 2. The van der Waals surface area contributed by atoms with Gasteiger partial charge in [-0.2, -0.15) is 0 Å². The standard InChI is InChI=1S/C15H24N2O/c1-12-13(2)17(11-16-12)10-14-6-9-15(18-14)7-4-3-5-8-15/h11,14H,3-10H2,1-2H3. The first-order valence-electron chi connectivity index (χ1n) is 7.35. The maximum Gasteiger partial charge on any atom is 0.0952 e. The summed E-state index contributed by atoms with van der Waals surface area (Å²) < 4.78 is 8.66. The summed E-state index contributed by atoms with van der Waals surface area (Å²) in [5.74, 6) is 0. The Morgan fingerprint density at radius 3 is 2.72 bits per heavy atom. The van der Waals surface area contributed by atoms with E-state index in [9.17, 15) is 0 Å². The summed E-state index contributed by atoms with van der Waals surface area (Å²) in [6.45, 7) is 5.20. The zero-order valence-electron chi connectivity index (χ0n) is 11.6. The van der Waals surface area contributed by atoms with Crippen LogP contribution in [0.4, 0.5) is 0 Å². The summed E-state index contributed by atoms with van der Waals surface area (Å²) in [7, 11) is 0. The molecule has 2 fully saturated rings. The quantitative estimate of drug-likeness (QED) is 0.802.